The molecule has 23 heavy (non-hydrogen) atoms. The minimum Gasteiger partial charge on any atom is -0.392 e. The Morgan fingerprint density at radius 1 is 1.48 bits per heavy atom. The fourth-order valence-electron chi connectivity index (χ4n) is 4.08. The number of β-amino-alcohol motifs (C(OH)–C–C–N with tert-alkyl or cyclic N) is 1. The highest BCUT2D eigenvalue weighted by atomic mass is 16.3. The summed E-state index contributed by atoms with van der Waals surface area (Å²) in [5.74, 6) is 0.0180. The Balaban J connectivity index is 1.94. The molecule has 5 nitrogen and oxygen atoms in total. The van der Waals surface area contributed by atoms with E-state index in [-0.39, 0.29) is 11.5 Å². The van der Waals surface area contributed by atoms with Gasteiger partial charge in [-0.25, -0.2) is 4.98 Å². The number of amides is 1. The Morgan fingerprint density at radius 2 is 2.22 bits per heavy atom. The molecular weight excluding hydrogens is 290 g/mol. The number of aliphatic hydroxyl groups is 1. The molecule has 2 atom stereocenters. The van der Waals surface area contributed by atoms with Crippen molar-refractivity contribution in [2.45, 2.75) is 58.1 Å². The highest BCUT2D eigenvalue weighted by Crippen LogP contribution is 2.39. The van der Waals surface area contributed by atoms with Crippen LogP contribution in [0.4, 0.5) is 0 Å². The monoisotopic (exact) mass is 317 g/mol. The van der Waals surface area contributed by atoms with Gasteiger partial charge in [0.25, 0.3) is 5.91 Å². The summed E-state index contributed by atoms with van der Waals surface area (Å²) in [7, 11) is 0. The number of likely N-dealkylation sites (tertiary alicyclic amines) is 1. The van der Waals surface area contributed by atoms with E-state index in [0.717, 1.165) is 43.6 Å². The number of piperidine rings is 1. The van der Waals surface area contributed by atoms with E-state index in [1.807, 2.05) is 6.07 Å². The van der Waals surface area contributed by atoms with E-state index in [4.69, 9.17) is 5.73 Å². The standard InChI is InChI=1S/C18H27N3O2/c1-11-6-13(22)10-21(8-11)9-12-7-15(17(19)23)20-16-14(12)4-5-18(16,2)3/h7,11,13,22H,4-6,8-10H2,1-3H3,(H2,19,23). The first-order valence-electron chi connectivity index (χ1n) is 8.50. The smallest absolute Gasteiger partial charge is 0.267 e. The van der Waals surface area contributed by atoms with Crippen molar-refractivity contribution in [2.24, 2.45) is 11.7 Å². The van der Waals surface area contributed by atoms with Gasteiger partial charge in [0.2, 0.25) is 0 Å². The largest absolute Gasteiger partial charge is 0.392 e. The van der Waals surface area contributed by atoms with Crippen LogP contribution >= 0.6 is 0 Å². The van der Waals surface area contributed by atoms with Crippen LogP contribution in [0.1, 0.15) is 60.9 Å². The number of nitrogens with zero attached hydrogens (tertiary/aromatic N) is 2. The number of pyridine rings is 1. The van der Waals surface area contributed by atoms with Gasteiger partial charge in [0.15, 0.2) is 0 Å². The zero-order valence-electron chi connectivity index (χ0n) is 14.3. The van der Waals surface area contributed by atoms with Crippen LogP contribution in [0, 0.1) is 5.92 Å². The second-order valence-corrected chi connectivity index (χ2v) is 7.93. The van der Waals surface area contributed by atoms with Crippen molar-refractivity contribution in [2.75, 3.05) is 13.1 Å². The maximum Gasteiger partial charge on any atom is 0.267 e. The summed E-state index contributed by atoms with van der Waals surface area (Å²) >= 11 is 0. The van der Waals surface area contributed by atoms with Gasteiger partial charge in [0.05, 0.1) is 11.8 Å². The van der Waals surface area contributed by atoms with Crippen LogP contribution in [0.2, 0.25) is 0 Å². The molecule has 1 aromatic rings. The van der Waals surface area contributed by atoms with Crippen molar-refractivity contribution < 1.29 is 9.90 Å². The number of aromatic nitrogens is 1. The molecule has 2 heterocycles. The van der Waals surface area contributed by atoms with Gasteiger partial charge >= 0.3 is 0 Å². The molecule has 126 valence electrons. The fourth-order valence-corrected chi connectivity index (χ4v) is 4.08. The molecule has 3 rings (SSSR count). The van der Waals surface area contributed by atoms with Crippen LogP contribution in [0.5, 0.6) is 0 Å². The number of carbonyl (C=O) groups excluding carboxylic acids is 1. The van der Waals surface area contributed by atoms with Gasteiger partial charge in [0.1, 0.15) is 5.69 Å². The van der Waals surface area contributed by atoms with Crippen molar-refractivity contribution in [3.63, 3.8) is 0 Å². The van der Waals surface area contributed by atoms with Crippen LogP contribution in [0.3, 0.4) is 0 Å². The maximum absolute atomic E-state index is 11.7. The number of carbonyl (C=O) groups is 1. The number of hydrogen-bond acceptors (Lipinski definition) is 4. The summed E-state index contributed by atoms with van der Waals surface area (Å²) < 4.78 is 0. The average Bonchev–Trinajstić information content (AvgIpc) is 2.73. The third-order valence-corrected chi connectivity index (χ3v) is 5.22. The van der Waals surface area contributed by atoms with Gasteiger partial charge in [0, 0.05) is 25.0 Å². The molecule has 1 saturated heterocycles. The summed E-state index contributed by atoms with van der Waals surface area (Å²) in [5, 5.41) is 10.0. The first kappa shape index (κ1) is 16.4. The molecule has 0 spiro atoms. The summed E-state index contributed by atoms with van der Waals surface area (Å²) in [4.78, 5) is 18.5. The van der Waals surface area contributed by atoms with Crippen molar-refractivity contribution in [3.8, 4) is 0 Å². The molecular formula is C18H27N3O2. The molecule has 0 aromatic carbocycles. The normalized spacial score (nSPS) is 27.0. The molecule has 1 aliphatic heterocycles. The zero-order chi connectivity index (χ0) is 16.8. The summed E-state index contributed by atoms with van der Waals surface area (Å²) in [6, 6.07) is 1.86. The fraction of sp³-hybridized carbons (Fsp3) is 0.667. The van der Waals surface area contributed by atoms with Crippen LogP contribution in [-0.4, -0.2) is 40.1 Å². The Hall–Kier alpha value is -1.46. The highest BCUT2D eigenvalue weighted by Gasteiger charge is 2.34. The predicted octanol–water partition coefficient (Wildman–Crippen LogP) is 1.61. The lowest BCUT2D eigenvalue weighted by Crippen LogP contribution is -2.42. The van der Waals surface area contributed by atoms with E-state index < -0.39 is 5.91 Å². The average molecular weight is 317 g/mol. The second kappa shape index (κ2) is 5.87. The molecule has 1 amide bonds. The molecule has 0 bridgehead atoms. The topological polar surface area (TPSA) is 79.5 Å². The van der Waals surface area contributed by atoms with E-state index in [1.165, 1.54) is 5.56 Å². The van der Waals surface area contributed by atoms with Gasteiger partial charge in [-0.2, -0.15) is 0 Å². The third-order valence-electron chi connectivity index (χ3n) is 5.22. The predicted molar refractivity (Wildman–Crippen MR) is 89.2 cm³/mol. The minimum atomic E-state index is -0.469. The number of fused-ring (bicyclic) bond motifs is 1. The Bertz CT molecular complexity index is 617. The molecule has 0 radical (unpaired) electrons. The summed E-state index contributed by atoms with van der Waals surface area (Å²) in [6.07, 6.45) is 2.64. The lowest BCUT2D eigenvalue weighted by molar-refractivity contribution is 0.0407. The summed E-state index contributed by atoms with van der Waals surface area (Å²) in [5.41, 5.74) is 9.28. The minimum absolute atomic E-state index is 0.00968. The lowest BCUT2D eigenvalue weighted by Gasteiger charge is -2.34. The molecule has 5 heteroatoms. The first-order chi connectivity index (χ1) is 10.8. The van der Waals surface area contributed by atoms with Crippen molar-refractivity contribution in [1.29, 1.82) is 0 Å². The van der Waals surface area contributed by atoms with Crippen molar-refractivity contribution >= 4 is 5.91 Å². The zero-order valence-corrected chi connectivity index (χ0v) is 14.3. The number of primary amides is 1. The Labute approximate surface area is 137 Å². The molecule has 3 N–H and O–H groups in total. The van der Waals surface area contributed by atoms with Crippen LogP contribution in [-0.2, 0) is 18.4 Å². The van der Waals surface area contributed by atoms with Crippen LogP contribution < -0.4 is 5.73 Å². The van der Waals surface area contributed by atoms with Gasteiger partial charge in [-0.1, -0.05) is 20.8 Å². The van der Waals surface area contributed by atoms with Crippen LogP contribution in [0.25, 0.3) is 0 Å². The van der Waals surface area contributed by atoms with Crippen molar-refractivity contribution in [1.82, 2.24) is 9.88 Å². The van der Waals surface area contributed by atoms with E-state index >= 15 is 0 Å². The van der Waals surface area contributed by atoms with Gasteiger partial charge in [-0.3, -0.25) is 9.69 Å². The van der Waals surface area contributed by atoms with E-state index in [0.29, 0.717) is 18.2 Å². The molecule has 0 saturated carbocycles. The maximum atomic E-state index is 11.7. The number of aliphatic hydroxyl groups excluding tert-OH is 1. The molecule has 2 aliphatic rings. The van der Waals surface area contributed by atoms with E-state index in [2.05, 4.69) is 30.7 Å². The summed E-state index contributed by atoms with van der Waals surface area (Å²) in [6.45, 7) is 8.94. The Kier molecular flexibility index (Phi) is 4.19. The van der Waals surface area contributed by atoms with Crippen LogP contribution in [0.15, 0.2) is 6.07 Å². The molecule has 2 unspecified atom stereocenters. The van der Waals surface area contributed by atoms with E-state index in [1.54, 1.807) is 0 Å². The molecule has 1 fully saturated rings. The van der Waals surface area contributed by atoms with Gasteiger partial charge in [-0.15, -0.1) is 0 Å². The number of nitrogens with two attached hydrogens (primary N) is 1. The highest BCUT2D eigenvalue weighted by molar-refractivity contribution is 5.91. The lowest BCUT2D eigenvalue weighted by atomic mass is 9.90. The van der Waals surface area contributed by atoms with Gasteiger partial charge in [-0.05, 0) is 42.4 Å². The number of rotatable bonds is 3. The SMILES string of the molecule is CC1CC(O)CN(Cc2cc(C(N)=O)nc3c2CCC3(C)C)C1. The Morgan fingerprint density at radius 3 is 2.87 bits per heavy atom. The molecule has 1 aromatic heterocycles. The van der Waals surface area contributed by atoms with Gasteiger partial charge < -0.3 is 10.8 Å². The molecule has 1 aliphatic carbocycles. The third kappa shape index (κ3) is 3.26. The second-order valence-electron chi connectivity index (χ2n) is 7.93. The van der Waals surface area contributed by atoms with Crippen molar-refractivity contribution in [3.05, 3.63) is 28.6 Å². The number of hydrogen-bond donors (Lipinski definition) is 2. The first-order valence-corrected chi connectivity index (χ1v) is 8.50. The quantitative estimate of drug-likeness (QED) is 0.887. The van der Waals surface area contributed by atoms with E-state index in [9.17, 15) is 9.90 Å².